The van der Waals surface area contributed by atoms with Crippen molar-refractivity contribution < 1.29 is 14.1 Å². The molecule has 0 saturated heterocycles. The lowest BCUT2D eigenvalue weighted by Gasteiger charge is -2.02. The maximum absolute atomic E-state index is 13.0. The molecule has 80 valence electrons. The number of carbonyl (C=O) groups is 1. The number of rotatable bonds is 3. The lowest BCUT2D eigenvalue weighted by atomic mass is 10.1. The fraction of sp³-hybridized carbons (Fsp3) is 0.125. The Kier molecular flexibility index (Phi) is 3.35. The van der Waals surface area contributed by atoms with E-state index in [4.69, 9.17) is 5.73 Å². The molecular formula is C8H6BrFN2O3. The number of hydrogen-bond acceptors (Lipinski definition) is 4. The summed E-state index contributed by atoms with van der Waals surface area (Å²) >= 11 is 2.85. The molecule has 0 aromatic heterocycles. The first kappa shape index (κ1) is 11.6. The topological polar surface area (TPSA) is 86.2 Å². The lowest BCUT2D eigenvalue weighted by Crippen LogP contribution is -2.07. The molecule has 0 bridgehead atoms. The highest BCUT2D eigenvalue weighted by molar-refractivity contribution is 9.09. The molecule has 15 heavy (non-hydrogen) atoms. The fourth-order valence-electron chi connectivity index (χ4n) is 1.02. The van der Waals surface area contributed by atoms with Gasteiger partial charge in [0.1, 0.15) is 5.82 Å². The van der Waals surface area contributed by atoms with E-state index in [1.165, 1.54) is 0 Å². The summed E-state index contributed by atoms with van der Waals surface area (Å²) in [6, 6.07) is 1.61. The van der Waals surface area contributed by atoms with Gasteiger partial charge in [0.05, 0.1) is 21.5 Å². The third kappa shape index (κ3) is 2.30. The van der Waals surface area contributed by atoms with Crippen LogP contribution >= 0.6 is 15.9 Å². The molecule has 0 fully saturated rings. The van der Waals surface area contributed by atoms with Gasteiger partial charge in [0.2, 0.25) is 0 Å². The number of nitro benzene ring substituents is 1. The van der Waals surface area contributed by atoms with Crippen LogP contribution in [-0.4, -0.2) is 16.0 Å². The Labute approximate surface area is 92.3 Å². The van der Waals surface area contributed by atoms with Gasteiger partial charge >= 0.3 is 0 Å². The Morgan fingerprint density at radius 2 is 2.20 bits per heavy atom. The van der Waals surface area contributed by atoms with Crippen LogP contribution in [0.3, 0.4) is 0 Å². The summed E-state index contributed by atoms with van der Waals surface area (Å²) < 4.78 is 13.0. The van der Waals surface area contributed by atoms with Crippen molar-refractivity contribution in [3.8, 4) is 0 Å². The van der Waals surface area contributed by atoms with Crippen molar-refractivity contribution in [3.05, 3.63) is 33.6 Å². The van der Waals surface area contributed by atoms with Gasteiger partial charge in [0.15, 0.2) is 5.78 Å². The van der Waals surface area contributed by atoms with E-state index >= 15 is 0 Å². The minimum absolute atomic E-state index is 0.114. The number of nitrogens with two attached hydrogens (primary N) is 1. The molecule has 5 nitrogen and oxygen atoms in total. The third-order valence-corrected chi connectivity index (χ3v) is 2.24. The number of nitrogen functional groups attached to an aromatic ring is 1. The molecule has 2 N–H and O–H groups in total. The number of hydrogen-bond donors (Lipinski definition) is 1. The Balaban J connectivity index is 3.41. The molecule has 0 radical (unpaired) electrons. The number of benzene rings is 1. The lowest BCUT2D eigenvalue weighted by molar-refractivity contribution is -0.385. The molecule has 0 unspecified atom stereocenters. The predicted molar refractivity (Wildman–Crippen MR) is 55.6 cm³/mol. The molecule has 1 aromatic rings. The maximum atomic E-state index is 13.0. The van der Waals surface area contributed by atoms with Crippen LogP contribution in [0.1, 0.15) is 10.4 Å². The normalized spacial score (nSPS) is 10.0. The molecule has 1 rings (SSSR count). The largest absolute Gasteiger partial charge is 0.396 e. The van der Waals surface area contributed by atoms with E-state index in [9.17, 15) is 19.3 Å². The molecule has 0 amide bonds. The first-order valence-corrected chi connectivity index (χ1v) is 4.92. The van der Waals surface area contributed by atoms with E-state index in [1.807, 2.05) is 0 Å². The third-order valence-electron chi connectivity index (χ3n) is 1.73. The van der Waals surface area contributed by atoms with Crippen LogP contribution in [0, 0.1) is 15.9 Å². The van der Waals surface area contributed by atoms with Crippen LogP contribution in [0.5, 0.6) is 0 Å². The number of halogens is 2. The first-order valence-electron chi connectivity index (χ1n) is 3.80. The molecule has 0 saturated carbocycles. The summed E-state index contributed by atoms with van der Waals surface area (Å²) in [5, 5.41) is 10.5. The van der Waals surface area contributed by atoms with Crippen molar-refractivity contribution in [1.82, 2.24) is 0 Å². The van der Waals surface area contributed by atoms with E-state index in [1.54, 1.807) is 0 Å². The number of ketones is 1. The molecule has 0 aliphatic heterocycles. The Bertz CT molecular complexity index is 436. The summed E-state index contributed by atoms with van der Waals surface area (Å²) in [6.45, 7) is 0. The van der Waals surface area contributed by atoms with Crippen molar-refractivity contribution in [3.63, 3.8) is 0 Å². The standard InChI is InChI=1S/C8H6BrFN2O3/c9-3-8(13)4-1-5(10)6(11)2-7(4)12(14)15/h1-2H,3,11H2. The number of Topliss-reactive ketones (excluding diaryl/α,β-unsaturated/α-hetero) is 1. The number of alkyl halides is 1. The van der Waals surface area contributed by atoms with Gasteiger partial charge in [0, 0.05) is 6.07 Å². The average molecular weight is 277 g/mol. The minimum atomic E-state index is -0.843. The number of nitro groups is 1. The molecule has 0 heterocycles. The summed E-state index contributed by atoms with van der Waals surface area (Å²) in [6.07, 6.45) is 0. The van der Waals surface area contributed by atoms with Crippen molar-refractivity contribution >= 4 is 33.1 Å². The van der Waals surface area contributed by atoms with Crippen LogP contribution in [0.15, 0.2) is 12.1 Å². The van der Waals surface area contributed by atoms with Gasteiger partial charge in [-0.3, -0.25) is 14.9 Å². The Morgan fingerprint density at radius 3 is 2.67 bits per heavy atom. The molecule has 0 aliphatic carbocycles. The highest BCUT2D eigenvalue weighted by Gasteiger charge is 2.21. The van der Waals surface area contributed by atoms with Gasteiger partial charge in [0.25, 0.3) is 5.69 Å². The second-order valence-corrected chi connectivity index (χ2v) is 3.27. The van der Waals surface area contributed by atoms with Crippen LogP contribution in [-0.2, 0) is 0 Å². The second-order valence-electron chi connectivity index (χ2n) is 2.70. The smallest absolute Gasteiger partial charge is 0.282 e. The molecule has 0 atom stereocenters. The summed E-state index contributed by atoms with van der Waals surface area (Å²) in [5.41, 5.74) is 4.04. The van der Waals surface area contributed by atoms with Crippen molar-refractivity contribution in [2.75, 3.05) is 11.1 Å². The number of carbonyl (C=O) groups excluding carboxylic acids is 1. The van der Waals surface area contributed by atoms with Gasteiger partial charge in [-0.25, -0.2) is 4.39 Å². The Hall–Kier alpha value is -1.50. The van der Waals surface area contributed by atoms with Crippen molar-refractivity contribution in [2.24, 2.45) is 0 Å². The monoisotopic (exact) mass is 276 g/mol. The highest BCUT2D eigenvalue weighted by atomic mass is 79.9. The van der Waals surface area contributed by atoms with Crippen LogP contribution < -0.4 is 5.73 Å². The Morgan fingerprint density at radius 1 is 1.60 bits per heavy atom. The molecule has 1 aromatic carbocycles. The zero-order valence-electron chi connectivity index (χ0n) is 7.37. The van der Waals surface area contributed by atoms with E-state index < -0.39 is 22.2 Å². The van der Waals surface area contributed by atoms with Gasteiger partial charge in [-0.1, -0.05) is 15.9 Å². The number of nitrogens with zero attached hydrogens (tertiary/aromatic N) is 1. The average Bonchev–Trinajstić information content (AvgIpc) is 2.20. The van der Waals surface area contributed by atoms with Gasteiger partial charge in [-0.2, -0.15) is 0 Å². The van der Waals surface area contributed by atoms with Crippen LogP contribution in [0.2, 0.25) is 0 Å². The summed E-state index contributed by atoms with van der Waals surface area (Å²) in [7, 11) is 0. The zero-order valence-corrected chi connectivity index (χ0v) is 8.95. The van der Waals surface area contributed by atoms with Crippen molar-refractivity contribution in [1.29, 1.82) is 0 Å². The van der Waals surface area contributed by atoms with E-state index in [-0.39, 0.29) is 16.6 Å². The maximum Gasteiger partial charge on any atom is 0.282 e. The zero-order chi connectivity index (χ0) is 11.6. The minimum Gasteiger partial charge on any atom is -0.396 e. The fourth-order valence-corrected chi connectivity index (χ4v) is 1.33. The van der Waals surface area contributed by atoms with Gasteiger partial charge in [-0.05, 0) is 6.07 Å². The van der Waals surface area contributed by atoms with Crippen molar-refractivity contribution in [2.45, 2.75) is 0 Å². The van der Waals surface area contributed by atoms with E-state index in [0.29, 0.717) is 0 Å². The highest BCUT2D eigenvalue weighted by Crippen LogP contribution is 2.25. The molecular weight excluding hydrogens is 271 g/mol. The van der Waals surface area contributed by atoms with Gasteiger partial charge < -0.3 is 5.73 Å². The van der Waals surface area contributed by atoms with Gasteiger partial charge in [-0.15, -0.1) is 0 Å². The molecule has 0 spiro atoms. The SMILES string of the molecule is Nc1cc([N+](=O)[O-])c(C(=O)CBr)cc1F. The number of anilines is 1. The second kappa shape index (κ2) is 4.35. The van der Waals surface area contributed by atoms with E-state index in [0.717, 1.165) is 12.1 Å². The first-order chi connectivity index (χ1) is 6.97. The molecule has 7 heteroatoms. The van der Waals surface area contributed by atoms with Crippen LogP contribution in [0.25, 0.3) is 0 Å². The molecule has 0 aliphatic rings. The summed E-state index contributed by atoms with van der Waals surface area (Å²) in [5.74, 6) is -1.41. The van der Waals surface area contributed by atoms with Crippen LogP contribution in [0.4, 0.5) is 15.8 Å². The predicted octanol–water partition coefficient (Wildman–Crippen LogP) is 1.89. The van der Waals surface area contributed by atoms with E-state index in [2.05, 4.69) is 15.9 Å². The summed E-state index contributed by atoms with van der Waals surface area (Å²) in [4.78, 5) is 21.0. The quantitative estimate of drug-likeness (QED) is 0.300.